The van der Waals surface area contributed by atoms with Crippen molar-refractivity contribution in [2.24, 2.45) is 0 Å². The molecule has 0 saturated carbocycles. The van der Waals surface area contributed by atoms with Gasteiger partial charge in [-0.2, -0.15) is 0 Å². The minimum absolute atomic E-state index is 0.838. The van der Waals surface area contributed by atoms with Crippen molar-refractivity contribution in [1.29, 1.82) is 0 Å². The van der Waals surface area contributed by atoms with E-state index >= 15 is 0 Å². The van der Waals surface area contributed by atoms with E-state index < -0.39 is 7.81 Å². The van der Waals surface area contributed by atoms with Crippen molar-refractivity contribution in [3.63, 3.8) is 0 Å². The van der Waals surface area contributed by atoms with Gasteiger partial charge < -0.3 is 9.22 Å². The number of halogens is 6. The van der Waals surface area contributed by atoms with E-state index in [1.165, 1.54) is 13.0 Å². The Bertz CT molecular complexity index is 208. The first-order valence-electron chi connectivity index (χ1n) is 5.02. The number of hydrogen-bond donors (Lipinski definition) is 0. The van der Waals surface area contributed by atoms with Gasteiger partial charge in [0, 0.05) is 7.11 Å². The van der Waals surface area contributed by atoms with Crippen LogP contribution in [-0.2, 0) is 4.74 Å². The molecule has 0 bridgehead atoms. The van der Waals surface area contributed by atoms with Crippen molar-refractivity contribution >= 4 is 7.81 Å². The maximum atomic E-state index is 9.87. The van der Waals surface area contributed by atoms with E-state index in [1.54, 1.807) is 7.11 Å². The SMILES string of the molecule is CCC[N+](C)(CC)COC.F[P-](F)(F)(F)(F)F. The van der Waals surface area contributed by atoms with E-state index in [4.69, 9.17) is 4.74 Å². The fraction of sp³-hybridized carbons (Fsp3) is 1.00. The number of quaternary nitrogens is 1. The Hall–Kier alpha value is -0.0700. The van der Waals surface area contributed by atoms with Crippen LogP contribution in [0.15, 0.2) is 0 Å². The zero-order chi connectivity index (χ0) is 14.4. The van der Waals surface area contributed by atoms with Crippen LogP contribution in [0.1, 0.15) is 20.3 Å². The molecule has 17 heavy (non-hydrogen) atoms. The van der Waals surface area contributed by atoms with E-state index in [9.17, 15) is 25.2 Å². The van der Waals surface area contributed by atoms with Gasteiger partial charge in [0.05, 0.1) is 20.1 Å². The third-order valence-electron chi connectivity index (χ3n) is 1.97. The van der Waals surface area contributed by atoms with Gasteiger partial charge in [-0.3, -0.25) is 0 Å². The van der Waals surface area contributed by atoms with E-state index in [-0.39, 0.29) is 0 Å². The van der Waals surface area contributed by atoms with E-state index in [0.29, 0.717) is 0 Å². The van der Waals surface area contributed by atoms with Gasteiger partial charge in [-0.15, -0.1) is 0 Å². The summed E-state index contributed by atoms with van der Waals surface area (Å²) in [6.07, 6.45) is 1.23. The van der Waals surface area contributed by atoms with Gasteiger partial charge in [-0.25, -0.2) is 0 Å². The molecule has 0 aliphatic rings. The fourth-order valence-corrected chi connectivity index (χ4v) is 1.17. The summed E-state index contributed by atoms with van der Waals surface area (Å²) in [6, 6.07) is 0. The molecular formula is C8H20F6NOP. The predicted octanol–water partition coefficient (Wildman–Crippen LogP) is 4.85. The third kappa shape index (κ3) is 25.9. The van der Waals surface area contributed by atoms with Crippen LogP contribution in [0.25, 0.3) is 0 Å². The topological polar surface area (TPSA) is 9.23 Å². The van der Waals surface area contributed by atoms with Crippen LogP contribution in [0.3, 0.4) is 0 Å². The van der Waals surface area contributed by atoms with Gasteiger partial charge in [0.1, 0.15) is 0 Å². The summed E-state index contributed by atoms with van der Waals surface area (Å²) in [5, 5.41) is 0. The van der Waals surface area contributed by atoms with E-state index in [1.807, 2.05) is 0 Å². The molecule has 0 aromatic rings. The normalized spacial score (nSPS) is 19.4. The summed E-state index contributed by atoms with van der Waals surface area (Å²) in [5.41, 5.74) is 0. The summed E-state index contributed by atoms with van der Waals surface area (Å²) in [6.45, 7) is 7.62. The van der Waals surface area contributed by atoms with E-state index in [0.717, 1.165) is 17.8 Å². The monoisotopic (exact) mass is 291 g/mol. The molecule has 1 atom stereocenters. The van der Waals surface area contributed by atoms with Crippen molar-refractivity contribution in [3.05, 3.63) is 0 Å². The molecule has 9 heteroatoms. The van der Waals surface area contributed by atoms with Gasteiger partial charge >= 0.3 is 33.0 Å². The fourth-order valence-electron chi connectivity index (χ4n) is 1.17. The Labute approximate surface area is 97.4 Å². The molecule has 0 radical (unpaired) electrons. The van der Waals surface area contributed by atoms with E-state index in [2.05, 4.69) is 20.9 Å². The van der Waals surface area contributed by atoms with Gasteiger partial charge in [0.15, 0.2) is 6.73 Å². The average molecular weight is 291 g/mol. The first kappa shape index (κ1) is 19.3. The Kier molecular flexibility index (Phi) is 5.99. The Balaban J connectivity index is 0. The molecule has 0 fully saturated rings. The molecule has 0 saturated heterocycles. The average Bonchev–Trinajstić information content (AvgIpc) is 1.99. The number of nitrogens with zero attached hydrogens (tertiary/aromatic N) is 1. The van der Waals surface area contributed by atoms with Crippen molar-refractivity contribution in [2.75, 3.05) is 34.0 Å². The van der Waals surface area contributed by atoms with Gasteiger partial charge in [-0.1, -0.05) is 6.92 Å². The molecule has 0 amide bonds. The van der Waals surface area contributed by atoms with Crippen LogP contribution >= 0.6 is 7.81 Å². The van der Waals surface area contributed by atoms with Crippen LogP contribution in [0.2, 0.25) is 0 Å². The minimum atomic E-state index is -10.7. The molecule has 110 valence electrons. The van der Waals surface area contributed by atoms with Crippen molar-refractivity contribution in [2.45, 2.75) is 20.3 Å². The first-order chi connectivity index (χ1) is 7.13. The zero-order valence-corrected chi connectivity index (χ0v) is 11.3. The Morgan fingerprint density at radius 1 is 1.00 bits per heavy atom. The number of hydrogen-bond acceptors (Lipinski definition) is 1. The van der Waals surface area contributed by atoms with Gasteiger partial charge in [-0.05, 0) is 13.3 Å². The zero-order valence-electron chi connectivity index (χ0n) is 10.4. The van der Waals surface area contributed by atoms with Crippen LogP contribution < -0.4 is 0 Å². The molecule has 0 rings (SSSR count). The van der Waals surface area contributed by atoms with Gasteiger partial charge in [0.2, 0.25) is 0 Å². The molecule has 1 unspecified atom stereocenters. The number of ether oxygens (including phenoxy) is 1. The van der Waals surface area contributed by atoms with Crippen molar-refractivity contribution in [1.82, 2.24) is 0 Å². The second kappa shape index (κ2) is 5.28. The first-order valence-corrected chi connectivity index (χ1v) is 7.05. The van der Waals surface area contributed by atoms with Crippen LogP contribution in [0.4, 0.5) is 25.2 Å². The van der Waals surface area contributed by atoms with Gasteiger partial charge in [0.25, 0.3) is 0 Å². The molecule has 0 spiro atoms. The molecular weight excluding hydrogens is 271 g/mol. The van der Waals surface area contributed by atoms with Crippen LogP contribution in [-0.4, -0.2) is 38.5 Å². The summed E-state index contributed by atoms with van der Waals surface area (Å²) >= 11 is 0. The quantitative estimate of drug-likeness (QED) is 0.304. The molecule has 0 aromatic heterocycles. The standard InChI is InChI=1S/C8H20NO.F6P/c1-5-7-9(3,6-2)8-10-4;1-7(2,3,4,5)6/h5-8H2,1-4H3;/q+1;-1. The second-order valence-corrected chi connectivity index (χ2v) is 5.95. The summed E-state index contributed by atoms with van der Waals surface area (Å²) in [7, 11) is -6.66. The Morgan fingerprint density at radius 3 is 1.53 bits per heavy atom. The molecule has 0 heterocycles. The summed E-state index contributed by atoms with van der Waals surface area (Å²) < 4.78 is 65.4. The molecule has 0 aliphatic heterocycles. The molecule has 0 aliphatic carbocycles. The van der Waals surface area contributed by atoms with Crippen molar-refractivity contribution in [3.8, 4) is 0 Å². The molecule has 0 aromatic carbocycles. The number of methoxy groups -OCH3 is 1. The Morgan fingerprint density at radius 2 is 1.35 bits per heavy atom. The second-order valence-electron chi connectivity index (χ2n) is 4.04. The predicted molar refractivity (Wildman–Crippen MR) is 57.3 cm³/mol. The summed E-state index contributed by atoms with van der Waals surface area (Å²) in [4.78, 5) is 0. The summed E-state index contributed by atoms with van der Waals surface area (Å²) in [5.74, 6) is 0. The van der Waals surface area contributed by atoms with Crippen molar-refractivity contribution < 1.29 is 34.4 Å². The molecule has 2 nitrogen and oxygen atoms in total. The van der Waals surface area contributed by atoms with Crippen LogP contribution in [0, 0.1) is 0 Å². The maximum absolute atomic E-state index is 10.7. The number of rotatable bonds is 5. The van der Waals surface area contributed by atoms with Crippen LogP contribution in [0.5, 0.6) is 0 Å². The third-order valence-corrected chi connectivity index (χ3v) is 1.97. The molecule has 0 N–H and O–H groups in total.